The predicted octanol–water partition coefficient (Wildman–Crippen LogP) is 2.79. The number of fused-ring (bicyclic) bond motifs is 2. The first kappa shape index (κ1) is 17.8. The second-order valence-corrected chi connectivity index (χ2v) is 7.69. The summed E-state index contributed by atoms with van der Waals surface area (Å²) >= 11 is 0. The van der Waals surface area contributed by atoms with Gasteiger partial charge in [-0.1, -0.05) is 30.3 Å². The summed E-state index contributed by atoms with van der Waals surface area (Å²) in [5.74, 6) is 0.299. The molecule has 6 nitrogen and oxygen atoms in total. The van der Waals surface area contributed by atoms with Gasteiger partial charge in [0.25, 0.3) is 5.91 Å². The highest BCUT2D eigenvalue weighted by Crippen LogP contribution is 2.34. The Kier molecular flexibility index (Phi) is 4.47. The molecule has 2 saturated heterocycles. The Morgan fingerprint density at radius 2 is 2.03 bits per heavy atom. The number of nitrogens with one attached hydrogen (secondary N) is 2. The number of rotatable bonds is 2. The quantitative estimate of drug-likeness (QED) is 0.711. The fourth-order valence-corrected chi connectivity index (χ4v) is 4.57. The number of benzene rings is 2. The van der Waals surface area contributed by atoms with Crippen LogP contribution in [0.3, 0.4) is 0 Å². The Labute approximate surface area is 169 Å². The van der Waals surface area contributed by atoms with Gasteiger partial charge in [0.15, 0.2) is 0 Å². The fraction of sp³-hybridized carbons (Fsp3) is 0.261. The summed E-state index contributed by atoms with van der Waals surface area (Å²) < 4.78 is 0. The molecular formula is C23H21N5O. The summed E-state index contributed by atoms with van der Waals surface area (Å²) in [6.45, 7) is 1.39. The molecule has 0 radical (unpaired) electrons. The van der Waals surface area contributed by atoms with Crippen LogP contribution in [0.4, 0.5) is 0 Å². The van der Waals surface area contributed by atoms with E-state index < -0.39 is 0 Å². The molecule has 2 aliphatic heterocycles. The zero-order valence-electron chi connectivity index (χ0n) is 15.9. The van der Waals surface area contributed by atoms with E-state index in [1.54, 1.807) is 6.20 Å². The van der Waals surface area contributed by atoms with E-state index in [0.717, 1.165) is 29.4 Å². The van der Waals surface area contributed by atoms with Crippen molar-refractivity contribution >= 4 is 16.8 Å². The number of carbonyl (C=O) groups is 1. The molecule has 2 aromatic carbocycles. The number of piperidine rings is 1. The monoisotopic (exact) mass is 383 g/mol. The average Bonchev–Trinajstić information content (AvgIpc) is 3.21. The molecule has 3 aromatic rings. The highest BCUT2D eigenvalue weighted by molar-refractivity contribution is 6.06. The van der Waals surface area contributed by atoms with E-state index in [9.17, 15) is 10.1 Å². The lowest BCUT2D eigenvalue weighted by atomic mass is 9.84. The highest BCUT2D eigenvalue weighted by atomic mass is 16.2. The summed E-state index contributed by atoms with van der Waals surface area (Å²) in [4.78, 5) is 19.7. The normalized spacial score (nSPS) is 23.6. The number of likely N-dealkylation sites (tertiary alicyclic amines) is 1. The van der Waals surface area contributed by atoms with Crippen LogP contribution < -0.4 is 10.9 Å². The van der Waals surface area contributed by atoms with Crippen LogP contribution in [0.2, 0.25) is 0 Å². The van der Waals surface area contributed by atoms with Crippen LogP contribution in [0.1, 0.15) is 33.9 Å². The van der Waals surface area contributed by atoms with Gasteiger partial charge < -0.3 is 4.90 Å². The Morgan fingerprint density at radius 3 is 2.93 bits per heavy atom. The molecule has 6 heteroatoms. The number of para-hydroxylation sites is 1. The van der Waals surface area contributed by atoms with Crippen molar-refractivity contribution in [3.8, 4) is 6.07 Å². The molecule has 0 aliphatic carbocycles. The molecular weight excluding hydrogens is 362 g/mol. The third kappa shape index (κ3) is 3.15. The zero-order chi connectivity index (χ0) is 19.8. The second kappa shape index (κ2) is 7.28. The summed E-state index contributed by atoms with van der Waals surface area (Å²) in [6, 6.07) is 19.9. The van der Waals surface area contributed by atoms with Crippen molar-refractivity contribution in [2.75, 3.05) is 13.1 Å². The molecule has 3 unspecified atom stereocenters. The molecule has 2 N–H and O–H groups in total. The van der Waals surface area contributed by atoms with Crippen molar-refractivity contribution in [2.24, 2.45) is 5.92 Å². The molecule has 0 bridgehead atoms. The molecule has 2 fully saturated rings. The van der Waals surface area contributed by atoms with Gasteiger partial charge >= 0.3 is 0 Å². The van der Waals surface area contributed by atoms with Crippen molar-refractivity contribution in [3.63, 3.8) is 0 Å². The van der Waals surface area contributed by atoms with Crippen LogP contribution in [0, 0.1) is 17.2 Å². The van der Waals surface area contributed by atoms with Gasteiger partial charge in [0.1, 0.15) is 0 Å². The van der Waals surface area contributed by atoms with E-state index in [2.05, 4.69) is 21.9 Å². The first-order valence-corrected chi connectivity index (χ1v) is 9.89. The minimum absolute atomic E-state index is 0.0541. The van der Waals surface area contributed by atoms with Gasteiger partial charge in [-0.25, -0.2) is 5.43 Å². The van der Waals surface area contributed by atoms with Gasteiger partial charge in [0, 0.05) is 36.6 Å². The molecule has 0 spiro atoms. The van der Waals surface area contributed by atoms with Crippen molar-refractivity contribution in [3.05, 3.63) is 77.5 Å². The van der Waals surface area contributed by atoms with Gasteiger partial charge in [-0.15, -0.1) is 0 Å². The minimum atomic E-state index is 0.0541. The molecule has 3 atom stereocenters. The maximum absolute atomic E-state index is 13.4. The van der Waals surface area contributed by atoms with Gasteiger partial charge in [-0.3, -0.25) is 15.2 Å². The Morgan fingerprint density at radius 1 is 1.14 bits per heavy atom. The van der Waals surface area contributed by atoms with Crippen LogP contribution in [0.5, 0.6) is 0 Å². The van der Waals surface area contributed by atoms with Crippen LogP contribution in [0.15, 0.2) is 60.8 Å². The van der Waals surface area contributed by atoms with Crippen LogP contribution in [-0.4, -0.2) is 34.9 Å². The number of nitrogens with zero attached hydrogens (tertiary/aromatic N) is 3. The summed E-state index contributed by atoms with van der Waals surface area (Å²) in [5, 5.41) is 10.1. The zero-order valence-corrected chi connectivity index (χ0v) is 15.9. The van der Waals surface area contributed by atoms with Crippen LogP contribution in [-0.2, 0) is 0 Å². The third-order valence-electron chi connectivity index (χ3n) is 6.05. The molecule has 1 amide bonds. The highest BCUT2D eigenvalue weighted by Gasteiger charge is 2.41. The van der Waals surface area contributed by atoms with E-state index in [-0.39, 0.29) is 17.9 Å². The number of nitriles is 1. The summed E-state index contributed by atoms with van der Waals surface area (Å²) in [7, 11) is 0. The SMILES string of the molecule is N#Cc1cccc(C2NNC3CCN(C(=O)c4ccnc5ccccc45)CC32)c1. The molecule has 3 heterocycles. The van der Waals surface area contributed by atoms with E-state index in [4.69, 9.17) is 0 Å². The van der Waals surface area contributed by atoms with Gasteiger partial charge in [0.2, 0.25) is 0 Å². The third-order valence-corrected chi connectivity index (χ3v) is 6.05. The lowest BCUT2D eigenvalue weighted by Crippen LogP contribution is -2.47. The second-order valence-electron chi connectivity index (χ2n) is 7.69. The summed E-state index contributed by atoms with van der Waals surface area (Å²) in [5.41, 5.74) is 10.1. The number of hydrazine groups is 1. The number of hydrogen-bond donors (Lipinski definition) is 2. The number of hydrogen-bond acceptors (Lipinski definition) is 5. The van der Waals surface area contributed by atoms with E-state index in [1.807, 2.05) is 59.5 Å². The van der Waals surface area contributed by atoms with Gasteiger partial charge in [-0.2, -0.15) is 5.26 Å². The Hall–Kier alpha value is -3.27. The van der Waals surface area contributed by atoms with E-state index in [1.165, 1.54) is 0 Å². The van der Waals surface area contributed by atoms with Gasteiger partial charge in [0.05, 0.1) is 28.8 Å². The Balaban J connectivity index is 1.42. The van der Waals surface area contributed by atoms with Crippen LogP contribution >= 0.6 is 0 Å². The predicted molar refractivity (Wildman–Crippen MR) is 110 cm³/mol. The smallest absolute Gasteiger partial charge is 0.254 e. The van der Waals surface area contributed by atoms with Gasteiger partial charge in [-0.05, 0) is 36.2 Å². The molecule has 1 aromatic heterocycles. The number of amides is 1. The van der Waals surface area contributed by atoms with Crippen molar-refractivity contribution in [1.82, 2.24) is 20.7 Å². The maximum atomic E-state index is 13.4. The lowest BCUT2D eigenvalue weighted by Gasteiger charge is -2.36. The minimum Gasteiger partial charge on any atom is -0.338 e. The largest absolute Gasteiger partial charge is 0.338 e. The Bertz CT molecular complexity index is 1120. The fourth-order valence-electron chi connectivity index (χ4n) is 4.57. The standard InChI is InChI=1S/C23H21N5O/c24-13-15-4-3-5-16(12-15)22-19-14-28(11-9-21(19)26-27-22)23(29)18-8-10-25-20-7-2-1-6-17(18)20/h1-8,10,12,19,21-22,26-27H,9,11,14H2. The lowest BCUT2D eigenvalue weighted by molar-refractivity contribution is 0.0654. The number of pyridine rings is 1. The molecule has 29 heavy (non-hydrogen) atoms. The number of carbonyl (C=O) groups excluding carboxylic acids is 1. The molecule has 5 rings (SSSR count). The first-order chi connectivity index (χ1) is 14.2. The molecule has 0 saturated carbocycles. The molecule has 2 aliphatic rings. The van der Waals surface area contributed by atoms with Crippen LogP contribution in [0.25, 0.3) is 10.9 Å². The van der Waals surface area contributed by atoms with E-state index >= 15 is 0 Å². The molecule has 144 valence electrons. The average molecular weight is 383 g/mol. The first-order valence-electron chi connectivity index (χ1n) is 9.89. The topological polar surface area (TPSA) is 81.0 Å². The van der Waals surface area contributed by atoms with Crippen molar-refractivity contribution < 1.29 is 4.79 Å². The van der Waals surface area contributed by atoms with Crippen molar-refractivity contribution in [1.29, 1.82) is 5.26 Å². The summed E-state index contributed by atoms with van der Waals surface area (Å²) in [6.07, 6.45) is 2.60. The number of aromatic nitrogens is 1. The van der Waals surface area contributed by atoms with Crippen molar-refractivity contribution in [2.45, 2.75) is 18.5 Å². The maximum Gasteiger partial charge on any atom is 0.254 e. The van der Waals surface area contributed by atoms with E-state index in [0.29, 0.717) is 23.7 Å².